The summed E-state index contributed by atoms with van der Waals surface area (Å²) in [5, 5.41) is 0. The van der Waals surface area contributed by atoms with Gasteiger partial charge in [-0.15, -0.1) is 0 Å². The maximum Gasteiger partial charge on any atom is 0.306 e. The van der Waals surface area contributed by atoms with Gasteiger partial charge in [0.25, 0.3) is 0 Å². The molecular formula is C63H122O6. The monoisotopic (exact) mass is 975 g/mol. The fourth-order valence-corrected chi connectivity index (χ4v) is 9.86. The van der Waals surface area contributed by atoms with Crippen molar-refractivity contribution in [2.24, 2.45) is 0 Å². The highest BCUT2D eigenvalue weighted by atomic mass is 16.6. The first kappa shape index (κ1) is 67.4. The van der Waals surface area contributed by atoms with Crippen LogP contribution in [0.15, 0.2) is 0 Å². The van der Waals surface area contributed by atoms with E-state index in [0.29, 0.717) is 19.3 Å². The molecule has 0 aromatic rings. The minimum atomic E-state index is -0.761. The summed E-state index contributed by atoms with van der Waals surface area (Å²) in [7, 11) is 0. The van der Waals surface area contributed by atoms with Crippen LogP contribution in [0.4, 0.5) is 0 Å². The Morgan fingerprint density at radius 1 is 0.232 bits per heavy atom. The van der Waals surface area contributed by atoms with Gasteiger partial charge in [0, 0.05) is 19.3 Å². The molecular weight excluding hydrogens is 853 g/mol. The number of carbonyl (C=O) groups is 3. The van der Waals surface area contributed by atoms with E-state index in [0.717, 1.165) is 57.8 Å². The Balaban J connectivity index is 4.20. The number of unbranched alkanes of at least 4 members (excludes halogenated alkanes) is 48. The van der Waals surface area contributed by atoms with Gasteiger partial charge < -0.3 is 14.2 Å². The van der Waals surface area contributed by atoms with E-state index in [1.54, 1.807) is 0 Å². The summed E-state index contributed by atoms with van der Waals surface area (Å²) in [6, 6.07) is 0. The van der Waals surface area contributed by atoms with Crippen molar-refractivity contribution in [3.63, 3.8) is 0 Å². The van der Waals surface area contributed by atoms with Crippen molar-refractivity contribution in [3.05, 3.63) is 0 Å². The van der Waals surface area contributed by atoms with Crippen molar-refractivity contribution in [1.29, 1.82) is 0 Å². The van der Waals surface area contributed by atoms with Crippen LogP contribution in [0.3, 0.4) is 0 Å². The standard InChI is InChI=1S/C63H122O6/c1-4-7-10-13-16-19-22-25-27-28-29-30-31-32-33-34-36-38-41-44-47-50-53-56-62(65)68-59-60(58-67-61(64)55-52-49-46-43-40-37-24-21-18-15-12-9-6-3)69-63(66)57-54-51-48-45-42-39-35-26-23-20-17-14-11-8-5-2/h60H,4-59H2,1-3H3. The lowest BCUT2D eigenvalue weighted by Gasteiger charge is -2.18. The van der Waals surface area contributed by atoms with Gasteiger partial charge in [0.05, 0.1) is 0 Å². The molecule has 69 heavy (non-hydrogen) atoms. The molecule has 410 valence electrons. The Bertz CT molecular complexity index is 1030. The van der Waals surface area contributed by atoms with E-state index in [9.17, 15) is 14.4 Å². The summed E-state index contributed by atoms with van der Waals surface area (Å²) in [6.45, 7) is 6.72. The van der Waals surface area contributed by atoms with Gasteiger partial charge in [0.1, 0.15) is 13.2 Å². The second kappa shape index (κ2) is 59.0. The molecule has 1 atom stereocenters. The van der Waals surface area contributed by atoms with Gasteiger partial charge in [-0.3, -0.25) is 14.4 Å². The van der Waals surface area contributed by atoms with Crippen molar-refractivity contribution < 1.29 is 28.6 Å². The number of hydrogen-bond donors (Lipinski definition) is 0. The number of hydrogen-bond acceptors (Lipinski definition) is 6. The highest BCUT2D eigenvalue weighted by Gasteiger charge is 2.19. The first-order valence-corrected chi connectivity index (χ1v) is 31.5. The smallest absolute Gasteiger partial charge is 0.306 e. The van der Waals surface area contributed by atoms with E-state index in [1.807, 2.05) is 0 Å². The van der Waals surface area contributed by atoms with Crippen LogP contribution in [-0.2, 0) is 28.6 Å². The van der Waals surface area contributed by atoms with Gasteiger partial charge in [0.15, 0.2) is 6.10 Å². The average Bonchev–Trinajstić information content (AvgIpc) is 3.35. The van der Waals surface area contributed by atoms with Gasteiger partial charge >= 0.3 is 17.9 Å². The summed E-state index contributed by atoms with van der Waals surface area (Å²) >= 11 is 0. The number of esters is 3. The largest absolute Gasteiger partial charge is 0.462 e. The molecule has 0 N–H and O–H groups in total. The van der Waals surface area contributed by atoms with Crippen LogP contribution in [0, 0.1) is 0 Å². The van der Waals surface area contributed by atoms with E-state index in [-0.39, 0.29) is 31.1 Å². The van der Waals surface area contributed by atoms with Crippen LogP contribution < -0.4 is 0 Å². The second-order valence-electron chi connectivity index (χ2n) is 21.7. The number of carbonyl (C=O) groups excluding carboxylic acids is 3. The Morgan fingerprint density at radius 2 is 0.391 bits per heavy atom. The minimum absolute atomic E-state index is 0.0607. The van der Waals surface area contributed by atoms with Crippen molar-refractivity contribution in [1.82, 2.24) is 0 Å². The van der Waals surface area contributed by atoms with Crippen molar-refractivity contribution in [2.75, 3.05) is 13.2 Å². The van der Waals surface area contributed by atoms with Crippen molar-refractivity contribution >= 4 is 17.9 Å². The van der Waals surface area contributed by atoms with E-state index >= 15 is 0 Å². The van der Waals surface area contributed by atoms with Gasteiger partial charge in [-0.25, -0.2) is 0 Å². The average molecular weight is 976 g/mol. The highest BCUT2D eigenvalue weighted by Crippen LogP contribution is 2.18. The predicted molar refractivity (Wildman–Crippen MR) is 298 cm³/mol. The van der Waals surface area contributed by atoms with E-state index in [2.05, 4.69) is 20.8 Å². The fraction of sp³-hybridized carbons (Fsp3) is 0.952. The molecule has 1 unspecified atom stereocenters. The lowest BCUT2D eigenvalue weighted by atomic mass is 10.0. The Hall–Kier alpha value is -1.59. The molecule has 0 spiro atoms. The molecule has 0 radical (unpaired) electrons. The molecule has 0 saturated heterocycles. The number of rotatable bonds is 59. The highest BCUT2D eigenvalue weighted by molar-refractivity contribution is 5.71. The Kier molecular flexibility index (Phi) is 57.6. The van der Waals surface area contributed by atoms with E-state index < -0.39 is 6.10 Å². The van der Waals surface area contributed by atoms with E-state index in [4.69, 9.17) is 14.2 Å². The topological polar surface area (TPSA) is 78.9 Å². The molecule has 0 saturated carbocycles. The number of ether oxygens (including phenoxy) is 3. The van der Waals surface area contributed by atoms with Crippen molar-refractivity contribution in [2.45, 2.75) is 374 Å². The normalized spacial score (nSPS) is 11.9. The predicted octanol–water partition coefficient (Wildman–Crippen LogP) is 21.1. The minimum Gasteiger partial charge on any atom is -0.462 e. The lowest BCUT2D eigenvalue weighted by Crippen LogP contribution is -2.30. The SMILES string of the molecule is CCCCCCCCCCCCCCCCCCCCCCCCCC(=O)OCC(COC(=O)CCCCCCCCCCCCCCC)OC(=O)CCCCCCCCCCCCCCCCC. The third-order valence-electron chi connectivity index (χ3n) is 14.6. The molecule has 0 aromatic carbocycles. The van der Waals surface area contributed by atoms with Gasteiger partial charge in [0.2, 0.25) is 0 Å². The Labute approximate surface area is 431 Å². The van der Waals surface area contributed by atoms with Gasteiger partial charge in [-0.2, -0.15) is 0 Å². The zero-order valence-electron chi connectivity index (χ0n) is 47.1. The maximum absolute atomic E-state index is 12.9. The van der Waals surface area contributed by atoms with Crippen LogP contribution in [0.25, 0.3) is 0 Å². The lowest BCUT2D eigenvalue weighted by molar-refractivity contribution is -0.167. The quantitative estimate of drug-likeness (QED) is 0.0343. The summed E-state index contributed by atoms with van der Waals surface area (Å²) in [4.78, 5) is 38.2. The summed E-state index contributed by atoms with van der Waals surface area (Å²) in [5.74, 6) is -0.828. The molecule has 0 heterocycles. The molecule has 0 aliphatic rings. The van der Waals surface area contributed by atoms with Crippen LogP contribution in [-0.4, -0.2) is 37.2 Å². The van der Waals surface area contributed by atoms with Crippen LogP contribution in [0.5, 0.6) is 0 Å². The molecule has 0 aliphatic heterocycles. The molecule has 0 rings (SSSR count). The first-order valence-electron chi connectivity index (χ1n) is 31.5. The second-order valence-corrected chi connectivity index (χ2v) is 21.7. The molecule has 6 heteroatoms. The molecule has 0 fully saturated rings. The van der Waals surface area contributed by atoms with Crippen LogP contribution >= 0.6 is 0 Å². The summed E-state index contributed by atoms with van der Waals surface area (Å²) in [6.07, 6.45) is 66.8. The molecule has 0 amide bonds. The third kappa shape index (κ3) is 57.2. The fourth-order valence-electron chi connectivity index (χ4n) is 9.86. The van der Waals surface area contributed by atoms with Crippen LogP contribution in [0.2, 0.25) is 0 Å². The maximum atomic E-state index is 12.9. The molecule has 0 bridgehead atoms. The zero-order chi connectivity index (χ0) is 50.0. The zero-order valence-corrected chi connectivity index (χ0v) is 47.1. The third-order valence-corrected chi connectivity index (χ3v) is 14.6. The van der Waals surface area contributed by atoms with Crippen LogP contribution in [0.1, 0.15) is 367 Å². The van der Waals surface area contributed by atoms with Gasteiger partial charge in [-0.05, 0) is 19.3 Å². The molecule has 0 aliphatic carbocycles. The molecule has 6 nitrogen and oxygen atoms in total. The van der Waals surface area contributed by atoms with E-state index in [1.165, 1.54) is 270 Å². The van der Waals surface area contributed by atoms with Crippen molar-refractivity contribution in [3.8, 4) is 0 Å². The Morgan fingerprint density at radius 3 is 0.580 bits per heavy atom. The summed E-state index contributed by atoms with van der Waals surface area (Å²) < 4.78 is 16.9. The summed E-state index contributed by atoms with van der Waals surface area (Å²) in [5.41, 5.74) is 0. The molecule has 0 aromatic heterocycles. The first-order chi connectivity index (χ1) is 34.0. The van der Waals surface area contributed by atoms with Gasteiger partial charge in [-0.1, -0.05) is 329 Å².